The molecule has 1 unspecified atom stereocenters. The lowest BCUT2D eigenvalue weighted by atomic mass is 10.1. The molecule has 0 saturated carbocycles. The molecule has 2 rings (SSSR count). The van der Waals surface area contributed by atoms with E-state index in [-0.39, 0.29) is 19.1 Å². The van der Waals surface area contributed by atoms with E-state index in [0.29, 0.717) is 21.4 Å². The smallest absolute Gasteiger partial charge is 0.258 e. The molecule has 2 aromatic carbocycles. The number of carbonyl (C=O) groups is 1. The summed E-state index contributed by atoms with van der Waals surface area (Å²) in [4.78, 5) is 11.8. The lowest BCUT2D eigenvalue weighted by Crippen LogP contribution is -2.32. The second-order valence-corrected chi connectivity index (χ2v) is 6.49. The van der Waals surface area contributed by atoms with Gasteiger partial charge >= 0.3 is 0 Å². The minimum atomic E-state index is -0.813. The number of halogens is 3. The van der Waals surface area contributed by atoms with Crippen LogP contribution in [0.4, 0.5) is 0 Å². The summed E-state index contributed by atoms with van der Waals surface area (Å²) >= 11 is 15.1. The van der Waals surface area contributed by atoms with Crippen LogP contribution in [0.15, 0.2) is 46.9 Å². The molecule has 7 heteroatoms. The highest BCUT2D eigenvalue weighted by Crippen LogP contribution is 2.27. The third kappa shape index (κ3) is 5.70. The molecule has 0 aliphatic rings. The van der Waals surface area contributed by atoms with Gasteiger partial charge in [0.05, 0.1) is 11.1 Å². The molecular weight excluding hydrogens is 405 g/mol. The molecule has 122 valence electrons. The van der Waals surface area contributed by atoms with Gasteiger partial charge in [0.25, 0.3) is 5.91 Å². The van der Waals surface area contributed by atoms with Crippen molar-refractivity contribution in [2.45, 2.75) is 6.10 Å². The van der Waals surface area contributed by atoms with Gasteiger partial charge in [0, 0.05) is 16.0 Å². The van der Waals surface area contributed by atoms with Crippen molar-refractivity contribution in [3.8, 4) is 5.75 Å². The van der Waals surface area contributed by atoms with Crippen molar-refractivity contribution in [2.75, 3.05) is 13.2 Å². The van der Waals surface area contributed by atoms with E-state index in [1.807, 2.05) is 0 Å². The summed E-state index contributed by atoms with van der Waals surface area (Å²) in [5, 5.41) is 13.6. The summed E-state index contributed by atoms with van der Waals surface area (Å²) in [6.45, 7) is -0.105. The van der Waals surface area contributed by atoms with Crippen LogP contribution in [0.2, 0.25) is 10.0 Å². The molecule has 0 radical (unpaired) electrons. The maximum atomic E-state index is 11.8. The van der Waals surface area contributed by atoms with Crippen molar-refractivity contribution in [1.82, 2.24) is 5.32 Å². The third-order valence-corrected chi connectivity index (χ3v) is 4.04. The van der Waals surface area contributed by atoms with E-state index in [1.165, 1.54) is 0 Å². The van der Waals surface area contributed by atoms with Gasteiger partial charge < -0.3 is 15.2 Å². The van der Waals surface area contributed by atoms with E-state index < -0.39 is 6.10 Å². The van der Waals surface area contributed by atoms with E-state index in [4.69, 9.17) is 27.9 Å². The number of amides is 1. The van der Waals surface area contributed by atoms with Gasteiger partial charge in [-0.1, -0.05) is 51.3 Å². The number of benzene rings is 2. The van der Waals surface area contributed by atoms with E-state index in [9.17, 15) is 9.90 Å². The van der Waals surface area contributed by atoms with Crippen molar-refractivity contribution in [3.63, 3.8) is 0 Å². The van der Waals surface area contributed by atoms with Gasteiger partial charge in [-0.3, -0.25) is 4.79 Å². The first kappa shape index (κ1) is 18.1. The molecule has 0 aromatic heterocycles. The molecule has 1 amide bonds. The zero-order chi connectivity index (χ0) is 16.8. The van der Waals surface area contributed by atoms with E-state index in [2.05, 4.69) is 21.2 Å². The summed E-state index contributed by atoms with van der Waals surface area (Å²) < 4.78 is 6.17. The number of carbonyl (C=O) groups excluding carboxylic acids is 1. The molecule has 0 aliphatic carbocycles. The topological polar surface area (TPSA) is 58.6 Å². The second kappa shape index (κ2) is 8.55. The molecular formula is C16H14BrCl2NO3. The van der Waals surface area contributed by atoms with Crippen molar-refractivity contribution in [1.29, 1.82) is 0 Å². The van der Waals surface area contributed by atoms with Gasteiger partial charge in [-0.05, 0) is 35.9 Å². The zero-order valence-corrected chi connectivity index (χ0v) is 15.0. The van der Waals surface area contributed by atoms with Gasteiger partial charge in [0.1, 0.15) is 5.75 Å². The minimum Gasteiger partial charge on any atom is -0.482 e. The van der Waals surface area contributed by atoms with Crippen LogP contribution in [0.5, 0.6) is 5.75 Å². The Morgan fingerprint density at radius 2 is 1.91 bits per heavy atom. The highest BCUT2D eigenvalue weighted by atomic mass is 79.9. The largest absolute Gasteiger partial charge is 0.482 e. The third-order valence-electron chi connectivity index (χ3n) is 3.00. The number of aliphatic hydroxyl groups excluding tert-OH is 1. The number of hydrogen-bond acceptors (Lipinski definition) is 3. The van der Waals surface area contributed by atoms with Crippen molar-refractivity contribution in [2.24, 2.45) is 0 Å². The van der Waals surface area contributed by atoms with Gasteiger partial charge in [0.15, 0.2) is 6.61 Å². The number of rotatable bonds is 6. The van der Waals surface area contributed by atoms with Crippen molar-refractivity contribution >= 4 is 45.0 Å². The Hall–Kier alpha value is -1.27. The van der Waals surface area contributed by atoms with Crippen LogP contribution in [-0.4, -0.2) is 24.2 Å². The lowest BCUT2D eigenvalue weighted by Gasteiger charge is -2.13. The number of ether oxygens (including phenoxy) is 1. The lowest BCUT2D eigenvalue weighted by molar-refractivity contribution is -0.123. The summed E-state index contributed by atoms with van der Waals surface area (Å²) in [6, 6.07) is 11.9. The number of nitrogens with one attached hydrogen (secondary N) is 1. The van der Waals surface area contributed by atoms with Crippen LogP contribution in [0.25, 0.3) is 0 Å². The van der Waals surface area contributed by atoms with E-state index in [1.54, 1.807) is 42.5 Å². The van der Waals surface area contributed by atoms with Crippen molar-refractivity contribution < 1.29 is 14.6 Å². The molecule has 0 bridgehead atoms. The predicted octanol–water partition coefficient (Wildman–Crippen LogP) is 3.98. The SMILES string of the molecule is O=C(COc1ccc(Br)cc1Cl)NCC(O)c1ccc(Cl)cc1. The number of aliphatic hydroxyl groups is 1. The summed E-state index contributed by atoms with van der Waals surface area (Å²) in [6.07, 6.45) is -0.813. The Balaban J connectivity index is 1.79. The molecule has 0 heterocycles. The van der Waals surface area contributed by atoms with Crippen LogP contribution in [0, 0.1) is 0 Å². The van der Waals surface area contributed by atoms with Gasteiger partial charge in [-0.25, -0.2) is 0 Å². The quantitative estimate of drug-likeness (QED) is 0.745. The van der Waals surface area contributed by atoms with E-state index >= 15 is 0 Å². The second-order valence-electron chi connectivity index (χ2n) is 4.73. The Labute approximate surface area is 152 Å². The Morgan fingerprint density at radius 3 is 2.57 bits per heavy atom. The normalized spacial score (nSPS) is 11.8. The highest BCUT2D eigenvalue weighted by Gasteiger charge is 2.11. The first-order chi connectivity index (χ1) is 11.0. The predicted molar refractivity (Wildman–Crippen MR) is 94.1 cm³/mol. The monoisotopic (exact) mass is 417 g/mol. The molecule has 1 atom stereocenters. The molecule has 4 nitrogen and oxygen atoms in total. The molecule has 0 spiro atoms. The average molecular weight is 419 g/mol. The maximum Gasteiger partial charge on any atom is 0.258 e. The van der Waals surface area contributed by atoms with Crippen LogP contribution in [0.1, 0.15) is 11.7 Å². The molecule has 0 fully saturated rings. The summed E-state index contributed by atoms with van der Waals surface area (Å²) in [5.74, 6) is 0.0697. The zero-order valence-electron chi connectivity index (χ0n) is 11.9. The van der Waals surface area contributed by atoms with Crippen molar-refractivity contribution in [3.05, 3.63) is 62.5 Å². The molecule has 2 aromatic rings. The maximum absolute atomic E-state index is 11.8. The standard InChI is InChI=1S/C16H14BrCl2NO3/c17-11-3-6-15(13(19)7-11)23-9-16(22)20-8-14(21)10-1-4-12(18)5-2-10/h1-7,14,21H,8-9H2,(H,20,22). The van der Waals surface area contributed by atoms with Crippen LogP contribution >= 0.6 is 39.1 Å². The first-order valence-electron chi connectivity index (χ1n) is 6.74. The fourth-order valence-corrected chi connectivity index (χ4v) is 2.65. The Morgan fingerprint density at radius 1 is 1.22 bits per heavy atom. The van der Waals surface area contributed by atoms with Crippen LogP contribution in [-0.2, 0) is 4.79 Å². The first-order valence-corrected chi connectivity index (χ1v) is 8.28. The molecule has 0 aliphatic heterocycles. The molecule has 2 N–H and O–H groups in total. The number of hydrogen-bond donors (Lipinski definition) is 2. The summed E-state index contributed by atoms with van der Waals surface area (Å²) in [5.41, 5.74) is 0.673. The van der Waals surface area contributed by atoms with Crippen LogP contribution < -0.4 is 10.1 Å². The Bertz CT molecular complexity index is 680. The fraction of sp³-hybridized carbons (Fsp3) is 0.188. The molecule has 23 heavy (non-hydrogen) atoms. The van der Waals surface area contributed by atoms with Gasteiger partial charge in [0.2, 0.25) is 0 Å². The fourth-order valence-electron chi connectivity index (χ4n) is 1.80. The van der Waals surface area contributed by atoms with Gasteiger partial charge in [-0.2, -0.15) is 0 Å². The Kier molecular flexibility index (Phi) is 6.72. The van der Waals surface area contributed by atoms with Gasteiger partial charge in [-0.15, -0.1) is 0 Å². The minimum absolute atomic E-state index is 0.0812. The van der Waals surface area contributed by atoms with E-state index in [0.717, 1.165) is 4.47 Å². The van der Waals surface area contributed by atoms with Crippen LogP contribution in [0.3, 0.4) is 0 Å². The summed E-state index contributed by atoms with van der Waals surface area (Å²) in [7, 11) is 0. The molecule has 0 saturated heterocycles. The highest BCUT2D eigenvalue weighted by molar-refractivity contribution is 9.10. The average Bonchev–Trinajstić information content (AvgIpc) is 2.52.